The molecule has 0 bridgehead atoms. The summed E-state index contributed by atoms with van der Waals surface area (Å²) in [6.07, 6.45) is 1.56. The molecule has 0 atom stereocenters. The average molecular weight is 204 g/mol. The molecule has 1 heterocycles. The van der Waals surface area contributed by atoms with Crippen LogP contribution in [0.2, 0.25) is 0 Å². The van der Waals surface area contributed by atoms with E-state index >= 15 is 0 Å². The molecule has 0 saturated carbocycles. The SMILES string of the molecule is CC=NC(N)=S.S=C1NCCN1. The first-order valence-corrected chi connectivity index (χ1v) is 4.28. The Morgan fingerprint density at radius 1 is 1.58 bits per heavy atom. The summed E-state index contributed by atoms with van der Waals surface area (Å²) >= 11 is 9.07. The highest BCUT2D eigenvalue weighted by atomic mass is 32.1. The lowest BCUT2D eigenvalue weighted by Crippen LogP contribution is -2.19. The van der Waals surface area contributed by atoms with E-state index in [1.54, 1.807) is 13.1 Å². The molecule has 0 spiro atoms. The summed E-state index contributed by atoms with van der Waals surface area (Å²) in [5, 5.41) is 6.86. The largest absolute Gasteiger partial charge is 0.374 e. The molecule has 12 heavy (non-hydrogen) atoms. The number of hydrogen-bond donors (Lipinski definition) is 3. The van der Waals surface area contributed by atoms with E-state index in [-0.39, 0.29) is 5.11 Å². The minimum absolute atomic E-state index is 0.192. The molecule has 1 aliphatic rings. The number of nitrogens with one attached hydrogen (secondary N) is 2. The first-order valence-electron chi connectivity index (χ1n) is 3.46. The Labute approximate surface area is 82.6 Å². The highest BCUT2D eigenvalue weighted by Crippen LogP contribution is 1.71. The van der Waals surface area contributed by atoms with Crippen molar-refractivity contribution in [1.82, 2.24) is 10.6 Å². The van der Waals surface area contributed by atoms with Gasteiger partial charge in [-0.25, -0.2) is 4.99 Å². The molecule has 0 aromatic carbocycles. The summed E-state index contributed by atoms with van der Waals surface area (Å²) in [5.41, 5.74) is 4.94. The molecule has 0 aromatic heterocycles. The molecule has 4 N–H and O–H groups in total. The van der Waals surface area contributed by atoms with E-state index in [0.717, 1.165) is 18.2 Å². The Hall–Kier alpha value is -0.750. The maximum atomic E-state index is 4.94. The minimum Gasteiger partial charge on any atom is -0.374 e. The van der Waals surface area contributed by atoms with E-state index in [1.165, 1.54) is 0 Å². The van der Waals surface area contributed by atoms with Crippen LogP contribution in [-0.4, -0.2) is 29.5 Å². The van der Waals surface area contributed by atoms with Gasteiger partial charge in [0.05, 0.1) is 0 Å². The Morgan fingerprint density at radius 2 is 2.08 bits per heavy atom. The van der Waals surface area contributed by atoms with Crippen molar-refractivity contribution >= 4 is 40.9 Å². The van der Waals surface area contributed by atoms with E-state index in [9.17, 15) is 0 Å². The van der Waals surface area contributed by atoms with Gasteiger partial charge in [-0.05, 0) is 31.4 Å². The van der Waals surface area contributed by atoms with Gasteiger partial charge in [-0.15, -0.1) is 0 Å². The first kappa shape index (κ1) is 11.2. The second-order valence-electron chi connectivity index (χ2n) is 1.91. The molecule has 68 valence electrons. The van der Waals surface area contributed by atoms with Crippen molar-refractivity contribution in [2.24, 2.45) is 10.7 Å². The van der Waals surface area contributed by atoms with Crippen LogP contribution in [0.3, 0.4) is 0 Å². The summed E-state index contributed by atoms with van der Waals surface area (Å²) in [6.45, 7) is 3.73. The zero-order valence-corrected chi connectivity index (χ0v) is 8.47. The van der Waals surface area contributed by atoms with Gasteiger partial charge in [-0.3, -0.25) is 0 Å². The number of thiocarbonyl (C=S) groups is 2. The van der Waals surface area contributed by atoms with E-state index < -0.39 is 0 Å². The van der Waals surface area contributed by atoms with E-state index in [2.05, 4.69) is 27.8 Å². The Morgan fingerprint density at radius 3 is 2.17 bits per heavy atom. The molecule has 1 aliphatic heterocycles. The van der Waals surface area contributed by atoms with Crippen LogP contribution in [0.25, 0.3) is 0 Å². The van der Waals surface area contributed by atoms with Gasteiger partial charge in [0.25, 0.3) is 0 Å². The number of nitrogens with zero attached hydrogens (tertiary/aromatic N) is 1. The predicted molar refractivity (Wildman–Crippen MR) is 59.6 cm³/mol. The summed E-state index contributed by atoms with van der Waals surface area (Å²) in [7, 11) is 0. The first-order chi connectivity index (χ1) is 5.66. The van der Waals surface area contributed by atoms with Crippen molar-refractivity contribution in [2.75, 3.05) is 13.1 Å². The van der Waals surface area contributed by atoms with Gasteiger partial charge in [0.2, 0.25) is 0 Å². The van der Waals surface area contributed by atoms with Gasteiger partial charge < -0.3 is 16.4 Å². The lowest BCUT2D eigenvalue weighted by molar-refractivity contribution is 0.942. The quantitative estimate of drug-likeness (QED) is 0.376. The lowest BCUT2D eigenvalue weighted by Gasteiger charge is -1.85. The van der Waals surface area contributed by atoms with Crippen LogP contribution in [0.1, 0.15) is 6.92 Å². The highest BCUT2D eigenvalue weighted by Gasteiger charge is 1.98. The maximum absolute atomic E-state index is 4.94. The molecule has 0 unspecified atom stereocenters. The van der Waals surface area contributed by atoms with Gasteiger partial charge in [0, 0.05) is 19.3 Å². The van der Waals surface area contributed by atoms with Crippen LogP contribution < -0.4 is 16.4 Å². The lowest BCUT2D eigenvalue weighted by atomic mass is 10.7. The molecule has 0 aromatic rings. The molecule has 0 amide bonds. The summed E-state index contributed by atoms with van der Waals surface area (Å²) in [4.78, 5) is 3.51. The van der Waals surface area contributed by atoms with Gasteiger partial charge in [-0.1, -0.05) is 0 Å². The van der Waals surface area contributed by atoms with E-state index in [1.807, 2.05) is 0 Å². The minimum atomic E-state index is 0.192. The van der Waals surface area contributed by atoms with Crippen molar-refractivity contribution in [3.63, 3.8) is 0 Å². The molecule has 1 saturated heterocycles. The summed E-state index contributed by atoms with van der Waals surface area (Å²) in [6, 6.07) is 0. The Kier molecular flexibility index (Phi) is 6.50. The third-order valence-corrected chi connectivity index (χ3v) is 1.35. The Bertz CT molecular complexity index is 182. The molecular weight excluding hydrogens is 192 g/mol. The van der Waals surface area contributed by atoms with Crippen LogP contribution >= 0.6 is 24.4 Å². The van der Waals surface area contributed by atoms with E-state index in [4.69, 9.17) is 18.0 Å². The fourth-order valence-corrected chi connectivity index (χ4v) is 0.851. The topological polar surface area (TPSA) is 62.4 Å². The monoisotopic (exact) mass is 204 g/mol. The average Bonchev–Trinajstić information content (AvgIpc) is 2.40. The van der Waals surface area contributed by atoms with Crippen molar-refractivity contribution in [2.45, 2.75) is 6.92 Å². The van der Waals surface area contributed by atoms with Crippen LogP contribution in [0.5, 0.6) is 0 Å². The Balaban J connectivity index is 0.000000202. The van der Waals surface area contributed by atoms with Crippen LogP contribution in [0.15, 0.2) is 4.99 Å². The van der Waals surface area contributed by atoms with Crippen molar-refractivity contribution in [3.05, 3.63) is 0 Å². The number of hydrogen-bond acceptors (Lipinski definition) is 2. The molecular formula is C6H12N4S2. The second kappa shape index (κ2) is 6.93. The zero-order valence-electron chi connectivity index (χ0n) is 6.83. The third kappa shape index (κ3) is 7.36. The molecule has 0 aliphatic carbocycles. The van der Waals surface area contributed by atoms with Gasteiger partial charge in [0.1, 0.15) is 0 Å². The van der Waals surface area contributed by atoms with Crippen molar-refractivity contribution in [3.8, 4) is 0 Å². The molecule has 0 radical (unpaired) electrons. The highest BCUT2D eigenvalue weighted by molar-refractivity contribution is 7.80. The van der Waals surface area contributed by atoms with Crippen LogP contribution in [-0.2, 0) is 0 Å². The van der Waals surface area contributed by atoms with Crippen LogP contribution in [0.4, 0.5) is 0 Å². The molecule has 6 heteroatoms. The second-order valence-corrected chi connectivity index (χ2v) is 2.73. The molecule has 1 rings (SSSR count). The fourth-order valence-electron chi connectivity index (χ4n) is 0.542. The van der Waals surface area contributed by atoms with Crippen molar-refractivity contribution in [1.29, 1.82) is 0 Å². The third-order valence-electron chi connectivity index (χ3n) is 0.952. The predicted octanol–water partition coefficient (Wildman–Crippen LogP) is -0.215. The van der Waals surface area contributed by atoms with Gasteiger partial charge >= 0.3 is 0 Å². The molecule has 4 nitrogen and oxygen atoms in total. The van der Waals surface area contributed by atoms with Gasteiger partial charge in [-0.2, -0.15) is 0 Å². The van der Waals surface area contributed by atoms with E-state index in [0.29, 0.717) is 0 Å². The van der Waals surface area contributed by atoms with Crippen molar-refractivity contribution < 1.29 is 0 Å². The number of nitrogens with two attached hydrogens (primary N) is 1. The summed E-state index contributed by atoms with van der Waals surface area (Å²) in [5.74, 6) is 0. The standard InChI is InChI=1S/2C3H6N2S/c6-3-4-1-2-5-3;1-2-5-3(4)6/h1-2H2,(H2,4,5,6);2H,1H3,(H2,4,6). The fraction of sp³-hybridized carbons (Fsp3) is 0.500. The number of rotatable bonds is 0. The summed E-state index contributed by atoms with van der Waals surface area (Å²) < 4.78 is 0. The zero-order chi connectivity index (χ0) is 9.40. The van der Waals surface area contributed by atoms with Gasteiger partial charge in [0.15, 0.2) is 10.2 Å². The normalized spacial score (nSPS) is 14.6. The van der Waals surface area contributed by atoms with Crippen LogP contribution in [0, 0.1) is 0 Å². The smallest absolute Gasteiger partial charge is 0.189 e. The molecule has 1 fully saturated rings. The maximum Gasteiger partial charge on any atom is 0.189 e. The number of aliphatic imine (C=N–C) groups is 1.